The standard InChI is InChI=1S/C23H16ClN3O3/c24-15-10-9-14-11-19-21(25-20(14)12-15)22(28)26-27(23(19)29)16-5-4-8-18(13-16)30-17-6-2-1-3-7-17/h1-10,12-13,25H,11H2,(H,26,28). The van der Waals surface area contributed by atoms with Crippen molar-refractivity contribution in [3.8, 4) is 23.1 Å². The highest BCUT2D eigenvalue weighted by molar-refractivity contribution is 6.30. The molecule has 7 heteroatoms. The Kier molecular flexibility index (Phi) is 4.41. The van der Waals surface area contributed by atoms with Crippen molar-refractivity contribution < 1.29 is 9.84 Å². The second kappa shape index (κ2) is 7.24. The van der Waals surface area contributed by atoms with Crippen molar-refractivity contribution in [3.05, 3.63) is 99.3 Å². The number of para-hydroxylation sites is 1. The van der Waals surface area contributed by atoms with Crippen molar-refractivity contribution >= 4 is 23.0 Å². The number of aromatic nitrogens is 2. The molecular formula is C23H16ClN3O3. The molecule has 0 atom stereocenters. The Labute approximate surface area is 177 Å². The van der Waals surface area contributed by atoms with Crippen LogP contribution in [-0.4, -0.2) is 14.9 Å². The van der Waals surface area contributed by atoms with E-state index in [1.165, 1.54) is 4.68 Å². The molecule has 1 aromatic heterocycles. The van der Waals surface area contributed by atoms with Crippen molar-refractivity contribution in [2.75, 3.05) is 5.32 Å². The minimum Gasteiger partial charge on any atom is -0.491 e. The third-order valence-corrected chi connectivity index (χ3v) is 5.15. The van der Waals surface area contributed by atoms with E-state index in [1.54, 1.807) is 36.4 Å². The van der Waals surface area contributed by atoms with Crippen molar-refractivity contribution in [1.29, 1.82) is 0 Å². The topological polar surface area (TPSA) is 76.4 Å². The third-order valence-electron chi connectivity index (χ3n) is 4.91. The fourth-order valence-corrected chi connectivity index (χ4v) is 3.65. The van der Waals surface area contributed by atoms with Gasteiger partial charge < -0.3 is 15.2 Å². The molecule has 148 valence electrons. The van der Waals surface area contributed by atoms with Gasteiger partial charge in [0.25, 0.3) is 11.4 Å². The maximum atomic E-state index is 13.2. The van der Waals surface area contributed by atoms with Gasteiger partial charge >= 0.3 is 0 Å². The number of benzene rings is 3. The van der Waals surface area contributed by atoms with Crippen LogP contribution in [0, 0.1) is 0 Å². The minimum atomic E-state index is -0.312. The van der Waals surface area contributed by atoms with E-state index in [4.69, 9.17) is 16.3 Å². The highest BCUT2D eigenvalue weighted by Crippen LogP contribution is 2.37. The molecular weight excluding hydrogens is 402 g/mol. The summed E-state index contributed by atoms with van der Waals surface area (Å²) in [6, 6.07) is 21.8. The van der Waals surface area contributed by atoms with E-state index < -0.39 is 0 Å². The maximum Gasteiger partial charge on any atom is 0.277 e. The molecule has 0 bridgehead atoms. The van der Waals surface area contributed by atoms with E-state index in [-0.39, 0.29) is 11.4 Å². The number of fused-ring (bicyclic) bond motifs is 2. The number of hydrogen-bond acceptors (Lipinski definition) is 5. The first-order chi connectivity index (χ1) is 14.6. The van der Waals surface area contributed by atoms with E-state index in [0.717, 1.165) is 11.3 Å². The summed E-state index contributed by atoms with van der Waals surface area (Å²) < 4.78 is 7.04. The van der Waals surface area contributed by atoms with Gasteiger partial charge in [-0.05, 0) is 42.0 Å². The molecule has 5 rings (SSSR count). The van der Waals surface area contributed by atoms with E-state index in [1.807, 2.05) is 36.4 Å². The van der Waals surface area contributed by atoms with Gasteiger partial charge in [0.1, 0.15) is 17.2 Å². The molecule has 0 fully saturated rings. The number of hydrogen-bond donors (Lipinski definition) is 2. The van der Waals surface area contributed by atoms with E-state index >= 15 is 0 Å². The molecule has 30 heavy (non-hydrogen) atoms. The Morgan fingerprint density at radius 2 is 1.80 bits per heavy atom. The largest absolute Gasteiger partial charge is 0.491 e. The molecule has 2 heterocycles. The molecule has 0 saturated heterocycles. The molecule has 0 spiro atoms. The number of anilines is 2. The molecule has 0 unspecified atom stereocenters. The van der Waals surface area contributed by atoms with Crippen LogP contribution in [0.15, 0.2) is 77.6 Å². The second-order valence-electron chi connectivity index (χ2n) is 6.91. The average molecular weight is 418 g/mol. The zero-order valence-corrected chi connectivity index (χ0v) is 16.4. The summed E-state index contributed by atoms with van der Waals surface area (Å²) in [5.41, 5.74) is 2.60. The smallest absolute Gasteiger partial charge is 0.277 e. The Hall–Kier alpha value is -3.77. The van der Waals surface area contributed by atoms with Gasteiger partial charge in [0.2, 0.25) is 0 Å². The number of rotatable bonds is 3. The van der Waals surface area contributed by atoms with Gasteiger partial charge in [-0.25, -0.2) is 0 Å². The SMILES string of the molecule is O=c1c2c(c(O)nn1-c1cccc(Oc3ccccc3)c1)Nc1cc(Cl)ccc1C2. The lowest BCUT2D eigenvalue weighted by Crippen LogP contribution is -2.28. The van der Waals surface area contributed by atoms with Crippen molar-refractivity contribution in [1.82, 2.24) is 9.78 Å². The zero-order valence-electron chi connectivity index (χ0n) is 15.7. The summed E-state index contributed by atoms with van der Waals surface area (Å²) in [6.45, 7) is 0. The van der Waals surface area contributed by atoms with Gasteiger partial charge in [-0.15, -0.1) is 5.10 Å². The van der Waals surface area contributed by atoms with Gasteiger partial charge in [0, 0.05) is 23.2 Å². The van der Waals surface area contributed by atoms with E-state index in [0.29, 0.717) is 39.9 Å². The van der Waals surface area contributed by atoms with Crippen LogP contribution >= 0.6 is 11.6 Å². The molecule has 4 aromatic rings. The number of nitrogens with one attached hydrogen (secondary N) is 1. The van der Waals surface area contributed by atoms with Crippen LogP contribution in [-0.2, 0) is 6.42 Å². The highest BCUT2D eigenvalue weighted by atomic mass is 35.5. The number of nitrogens with zero attached hydrogens (tertiary/aromatic N) is 2. The molecule has 0 saturated carbocycles. The summed E-state index contributed by atoms with van der Waals surface area (Å²) in [4.78, 5) is 13.2. The van der Waals surface area contributed by atoms with E-state index in [9.17, 15) is 9.90 Å². The van der Waals surface area contributed by atoms with Gasteiger partial charge in [0.15, 0.2) is 0 Å². The van der Waals surface area contributed by atoms with Crippen molar-refractivity contribution in [3.63, 3.8) is 0 Å². The lowest BCUT2D eigenvalue weighted by molar-refractivity contribution is 0.437. The Morgan fingerprint density at radius 3 is 2.63 bits per heavy atom. The van der Waals surface area contributed by atoms with Gasteiger partial charge in [-0.1, -0.05) is 41.9 Å². The summed E-state index contributed by atoms with van der Waals surface area (Å²) in [6.07, 6.45) is 0.365. The lowest BCUT2D eigenvalue weighted by Gasteiger charge is -2.22. The molecule has 0 amide bonds. The molecule has 0 radical (unpaired) electrons. The lowest BCUT2D eigenvalue weighted by atomic mass is 9.99. The first-order valence-electron chi connectivity index (χ1n) is 9.32. The summed E-state index contributed by atoms with van der Waals surface area (Å²) >= 11 is 6.06. The molecule has 0 aliphatic carbocycles. The molecule has 1 aliphatic heterocycles. The van der Waals surface area contributed by atoms with Crippen LogP contribution in [0.1, 0.15) is 11.1 Å². The predicted molar refractivity (Wildman–Crippen MR) is 116 cm³/mol. The second-order valence-corrected chi connectivity index (χ2v) is 7.35. The quantitative estimate of drug-likeness (QED) is 0.430. The average Bonchev–Trinajstić information content (AvgIpc) is 2.76. The third kappa shape index (κ3) is 3.27. The highest BCUT2D eigenvalue weighted by Gasteiger charge is 2.24. The Bertz CT molecular complexity index is 1320. The summed E-state index contributed by atoms with van der Waals surface area (Å²) in [5.74, 6) is 0.982. The Morgan fingerprint density at radius 1 is 1.00 bits per heavy atom. The number of aromatic hydroxyl groups is 1. The number of halogens is 1. The maximum absolute atomic E-state index is 13.2. The van der Waals surface area contributed by atoms with Crippen LogP contribution in [0.2, 0.25) is 5.02 Å². The normalized spacial score (nSPS) is 11.9. The first kappa shape index (κ1) is 18.3. The molecule has 3 aromatic carbocycles. The fraction of sp³-hybridized carbons (Fsp3) is 0.0435. The summed E-state index contributed by atoms with van der Waals surface area (Å²) in [5, 5.41) is 18.3. The number of ether oxygens (including phenoxy) is 1. The van der Waals surface area contributed by atoms with Gasteiger partial charge in [-0.3, -0.25) is 4.79 Å². The van der Waals surface area contributed by atoms with Crippen LogP contribution in [0.4, 0.5) is 11.4 Å². The van der Waals surface area contributed by atoms with Crippen molar-refractivity contribution in [2.24, 2.45) is 0 Å². The minimum absolute atomic E-state index is 0.260. The van der Waals surface area contributed by atoms with Crippen molar-refractivity contribution in [2.45, 2.75) is 6.42 Å². The van der Waals surface area contributed by atoms with Crippen LogP contribution in [0.25, 0.3) is 5.69 Å². The molecule has 2 N–H and O–H groups in total. The fourth-order valence-electron chi connectivity index (χ4n) is 3.48. The summed E-state index contributed by atoms with van der Waals surface area (Å²) in [7, 11) is 0. The molecule has 1 aliphatic rings. The van der Waals surface area contributed by atoms with Crippen LogP contribution in [0.3, 0.4) is 0 Å². The molecule has 6 nitrogen and oxygen atoms in total. The van der Waals surface area contributed by atoms with Gasteiger partial charge in [0.05, 0.1) is 11.3 Å². The monoisotopic (exact) mass is 417 g/mol. The van der Waals surface area contributed by atoms with Crippen LogP contribution < -0.4 is 15.6 Å². The zero-order chi connectivity index (χ0) is 20.7. The predicted octanol–water partition coefficient (Wildman–Crippen LogP) is 5.03. The van der Waals surface area contributed by atoms with Crippen LogP contribution in [0.5, 0.6) is 17.4 Å². The Balaban J connectivity index is 1.55. The van der Waals surface area contributed by atoms with Gasteiger partial charge in [-0.2, -0.15) is 4.68 Å². The first-order valence-corrected chi connectivity index (χ1v) is 9.70. The van der Waals surface area contributed by atoms with E-state index in [2.05, 4.69) is 10.4 Å².